The maximum Gasteiger partial charge on any atom is 0.284 e. The van der Waals surface area contributed by atoms with Gasteiger partial charge in [0.2, 0.25) is 5.91 Å². The second kappa shape index (κ2) is 9.79. The molecule has 0 aliphatic rings. The van der Waals surface area contributed by atoms with Crippen LogP contribution < -0.4 is 10.6 Å². The molecule has 0 saturated heterocycles. The molecular formula is C17H19ClF2N2O2S. The Bertz CT molecular complexity index is 710. The van der Waals surface area contributed by atoms with E-state index in [4.69, 9.17) is 16.0 Å². The topological polar surface area (TPSA) is 54.3 Å². The fourth-order valence-electron chi connectivity index (χ4n) is 2.11. The number of nitrogens with one attached hydrogen (secondary N) is 2. The standard InChI is InChI=1S/C17H19ClF2N2O2S/c1-11-14(18)3-2-4-15(11)22-16(23)7-8-21-9-12-5-6-13(24-12)10-25-17(19)20/h2-6,17,21H,7-10H2,1H3,(H,22,23). The number of anilines is 1. The maximum atomic E-state index is 12.1. The van der Waals surface area contributed by atoms with Crippen LogP contribution in [0.5, 0.6) is 0 Å². The first-order valence-electron chi connectivity index (χ1n) is 7.68. The molecule has 2 rings (SSSR count). The van der Waals surface area contributed by atoms with Crippen LogP contribution >= 0.6 is 23.4 Å². The first kappa shape index (κ1) is 19.8. The number of hydrogen-bond donors (Lipinski definition) is 2. The smallest absolute Gasteiger partial charge is 0.284 e. The van der Waals surface area contributed by atoms with E-state index in [0.29, 0.717) is 53.5 Å². The molecule has 0 bridgehead atoms. The molecule has 1 aromatic carbocycles. The lowest BCUT2D eigenvalue weighted by Gasteiger charge is -2.09. The summed E-state index contributed by atoms with van der Waals surface area (Å²) in [6.07, 6.45) is 0.292. The second-order valence-corrected chi connectivity index (χ2v) is 6.71. The number of rotatable bonds is 9. The molecule has 0 saturated carbocycles. The van der Waals surface area contributed by atoms with E-state index in [0.717, 1.165) is 5.56 Å². The highest BCUT2D eigenvalue weighted by molar-refractivity contribution is 7.98. The molecule has 0 spiro atoms. The number of hydrogen-bond acceptors (Lipinski definition) is 4. The van der Waals surface area contributed by atoms with Gasteiger partial charge in [-0.25, -0.2) is 0 Å². The molecule has 8 heteroatoms. The maximum absolute atomic E-state index is 12.1. The molecule has 1 aromatic heterocycles. The quantitative estimate of drug-likeness (QED) is 0.605. The van der Waals surface area contributed by atoms with Crippen molar-refractivity contribution in [1.82, 2.24) is 5.32 Å². The Labute approximate surface area is 154 Å². The molecule has 0 fully saturated rings. The number of halogens is 3. The van der Waals surface area contributed by atoms with Crippen molar-refractivity contribution in [2.45, 2.75) is 31.4 Å². The minimum absolute atomic E-state index is 0.119. The van der Waals surface area contributed by atoms with Crippen molar-refractivity contribution < 1.29 is 18.0 Å². The summed E-state index contributed by atoms with van der Waals surface area (Å²) in [6.45, 7) is 2.74. The van der Waals surface area contributed by atoms with Gasteiger partial charge in [0.05, 0.1) is 12.3 Å². The molecule has 136 valence electrons. The molecule has 0 unspecified atom stereocenters. The predicted molar refractivity (Wildman–Crippen MR) is 97.1 cm³/mol. The van der Waals surface area contributed by atoms with Crippen molar-refractivity contribution in [2.75, 3.05) is 11.9 Å². The van der Waals surface area contributed by atoms with Crippen LogP contribution in [0.15, 0.2) is 34.7 Å². The molecule has 4 nitrogen and oxygen atoms in total. The largest absolute Gasteiger partial charge is 0.464 e. The number of carbonyl (C=O) groups is 1. The van der Waals surface area contributed by atoms with Gasteiger partial charge in [0.25, 0.3) is 5.76 Å². The van der Waals surface area contributed by atoms with Crippen LogP contribution in [0.4, 0.5) is 14.5 Å². The number of furan rings is 1. The van der Waals surface area contributed by atoms with Crippen molar-refractivity contribution in [3.05, 3.63) is 52.4 Å². The lowest BCUT2D eigenvalue weighted by Crippen LogP contribution is -2.21. The molecule has 1 amide bonds. The van der Waals surface area contributed by atoms with E-state index >= 15 is 0 Å². The fourth-order valence-corrected chi connectivity index (χ4v) is 2.73. The summed E-state index contributed by atoms with van der Waals surface area (Å²) >= 11 is 6.54. The Hall–Kier alpha value is -1.57. The highest BCUT2D eigenvalue weighted by Crippen LogP contribution is 2.23. The SMILES string of the molecule is Cc1c(Cl)cccc1NC(=O)CCNCc1ccc(CSC(F)F)o1. The molecule has 0 aliphatic heterocycles. The van der Waals surface area contributed by atoms with Gasteiger partial charge >= 0.3 is 0 Å². The van der Waals surface area contributed by atoms with Gasteiger partial charge < -0.3 is 15.1 Å². The lowest BCUT2D eigenvalue weighted by molar-refractivity contribution is -0.116. The molecule has 0 atom stereocenters. The van der Waals surface area contributed by atoms with Crippen LogP contribution in [0.1, 0.15) is 23.5 Å². The summed E-state index contributed by atoms with van der Waals surface area (Å²) in [6, 6.07) is 8.77. The van der Waals surface area contributed by atoms with Crippen LogP contribution in [-0.4, -0.2) is 18.2 Å². The Morgan fingerprint density at radius 1 is 1.28 bits per heavy atom. The Kier molecular flexibility index (Phi) is 7.74. The monoisotopic (exact) mass is 388 g/mol. The first-order valence-corrected chi connectivity index (χ1v) is 9.11. The van der Waals surface area contributed by atoms with E-state index in [1.807, 2.05) is 6.92 Å². The van der Waals surface area contributed by atoms with E-state index in [9.17, 15) is 13.6 Å². The van der Waals surface area contributed by atoms with Gasteiger partial charge in [-0.05, 0) is 36.8 Å². The zero-order valence-electron chi connectivity index (χ0n) is 13.7. The van der Waals surface area contributed by atoms with Crippen molar-refractivity contribution >= 4 is 35.0 Å². The van der Waals surface area contributed by atoms with Crippen molar-refractivity contribution in [1.29, 1.82) is 0 Å². The third-order valence-electron chi connectivity index (χ3n) is 3.44. The summed E-state index contributed by atoms with van der Waals surface area (Å²) < 4.78 is 29.7. The van der Waals surface area contributed by atoms with E-state index in [1.165, 1.54) is 0 Å². The number of carbonyl (C=O) groups excluding carboxylic acids is 1. The van der Waals surface area contributed by atoms with Crippen molar-refractivity contribution in [2.24, 2.45) is 0 Å². The third kappa shape index (κ3) is 6.68. The highest BCUT2D eigenvalue weighted by Gasteiger charge is 2.08. The Morgan fingerprint density at radius 2 is 2.04 bits per heavy atom. The highest BCUT2D eigenvalue weighted by atomic mass is 35.5. The van der Waals surface area contributed by atoms with E-state index in [1.54, 1.807) is 30.3 Å². The first-order chi connectivity index (χ1) is 12.0. The van der Waals surface area contributed by atoms with Crippen LogP contribution in [0.25, 0.3) is 0 Å². The number of benzene rings is 1. The van der Waals surface area contributed by atoms with E-state index in [2.05, 4.69) is 10.6 Å². The number of amides is 1. The van der Waals surface area contributed by atoms with Gasteiger partial charge in [-0.1, -0.05) is 29.4 Å². The van der Waals surface area contributed by atoms with Crippen molar-refractivity contribution in [3.8, 4) is 0 Å². The van der Waals surface area contributed by atoms with Gasteiger partial charge in [-0.3, -0.25) is 4.79 Å². The minimum atomic E-state index is -2.41. The molecule has 2 aromatic rings. The van der Waals surface area contributed by atoms with Gasteiger partial charge in [0.15, 0.2) is 0 Å². The predicted octanol–water partition coefficient (Wildman–Crippen LogP) is 4.82. The van der Waals surface area contributed by atoms with Gasteiger partial charge in [0.1, 0.15) is 11.5 Å². The van der Waals surface area contributed by atoms with E-state index in [-0.39, 0.29) is 11.7 Å². The fraction of sp³-hybridized carbons (Fsp3) is 0.353. The van der Waals surface area contributed by atoms with Crippen LogP contribution in [-0.2, 0) is 17.1 Å². The molecular weight excluding hydrogens is 370 g/mol. The molecule has 0 radical (unpaired) electrons. The molecule has 2 N–H and O–H groups in total. The van der Waals surface area contributed by atoms with Crippen LogP contribution in [0, 0.1) is 6.92 Å². The third-order valence-corrected chi connectivity index (χ3v) is 4.55. The zero-order chi connectivity index (χ0) is 18.2. The number of thioether (sulfide) groups is 1. The van der Waals surface area contributed by atoms with E-state index < -0.39 is 5.76 Å². The lowest BCUT2D eigenvalue weighted by atomic mass is 10.2. The summed E-state index contributed by atoms with van der Waals surface area (Å²) in [7, 11) is 0. The summed E-state index contributed by atoms with van der Waals surface area (Å²) in [4.78, 5) is 11.9. The normalized spacial score (nSPS) is 11.1. The second-order valence-electron chi connectivity index (χ2n) is 5.33. The minimum Gasteiger partial charge on any atom is -0.464 e. The Balaban J connectivity index is 1.69. The molecule has 0 aliphatic carbocycles. The molecule has 1 heterocycles. The van der Waals surface area contributed by atoms with Crippen LogP contribution in [0.2, 0.25) is 5.02 Å². The zero-order valence-corrected chi connectivity index (χ0v) is 15.2. The summed E-state index contributed by atoms with van der Waals surface area (Å²) in [5.41, 5.74) is 1.53. The average molecular weight is 389 g/mol. The van der Waals surface area contributed by atoms with Crippen LogP contribution in [0.3, 0.4) is 0 Å². The summed E-state index contributed by atoms with van der Waals surface area (Å²) in [5.74, 6) is -1.23. The Morgan fingerprint density at radius 3 is 2.80 bits per heavy atom. The summed E-state index contributed by atoms with van der Waals surface area (Å²) in [5, 5.41) is 6.51. The number of alkyl halides is 2. The van der Waals surface area contributed by atoms with Gasteiger partial charge in [-0.2, -0.15) is 8.78 Å². The van der Waals surface area contributed by atoms with Crippen molar-refractivity contribution in [3.63, 3.8) is 0 Å². The average Bonchev–Trinajstić information content (AvgIpc) is 3.02. The van der Waals surface area contributed by atoms with Gasteiger partial charge in [-0.15, -0.1) is 0 Å². The van der Waals surface area contributed by atoms with Gasteiger partial charge in [0, 0.05) is 23.7 Å². The molecule has 25 heavy (non-hydrogen) atoms.